The van der Waals surface area contributed by atoms with Crippen molar-refractivity contribution in [2.45, 2.75) is 32.7 Å². The van der Waals surface area contributed by atoms with Gasteiger partial charge in [-0.1, -0.05) is 0 Å². The Kier molecular flexibility index (Phi) is 8.37. The normalized spacial score (nSPS) is 21.0. The summed E-state index contributed by atoms with van der Waals surface area (Å²) < 4.78 is 10.9. The van der Waals surface area contributed by atoms with Gasteiger partial charge in [-0.25, -0.2) is 0 Å². The average molecular weight is 406 g/mol. The SMILES string of the molecule is CC(C)NC(=O)CN1CCN(C(=NCC2CCOC2)NCCc2ccco2)CC1. The number of aliphatic imine (C=N–C) groups is 1. The summed E-state index contributed by atoms with van der Waals surface area (Å²) in [5, 5.41) is 6.48. The van der Waals surface area contributed by atoms with E-state index < -0.39 is 0 Å². The van der Waals surface area contributed by atoms with Crippen molar-refractivity contribution in [1.29, 1.82) is 0 Å². The van der Waals surface area contributed by atoms with Crippen LogP contribution in [0.25, 0.3) is 0 Å². The number of ether oxygens (including phenoxy) is 1. The molecule has 3 heterocycles. The van der Waals surface area contributed by atoms with Crippen LogP contribution in [0.4, 0.5) is 0 Å². The molecular weight excluding hydrogens is 370 g/mol. The predicted octanol–water partition coefficient (Wildman–Crippen LogP) is 0.946. The second-order valence-electron chi connectivity index (χ2n) is 8.14. The van der Waals surface area contributed by atoms with E-state index in [-0.39, 0.29) is 11.9 Å². The molecular formula is C21H35N5O3. The van der Waals surface area contributed by atoms with Gasteiger partial charge in [0.15, 0.2) is 5.96 Å². The molecule has 8 nitrogen and oxygen atoms in total. The highest BCUT2D eigenvalue weighted by Crippen LogP contribution is 2.13. The number of amides is 1. The number of piperazine rings is 1. The van der Waals surface area contributed by atoms with E-state index in [0.717, 1.165) is 77.0 Å². The van der Waals surface area contributed by atoms with E-state index in [4.69, 9.17) is 14.1 Å². The summed E-state index contributed by atoms with van der Waals surface area (Å²) in [7, 11) is 0. The molecule has 1 aromatic rings. The highest BCUT2D eigenvalue weighted by Gasteiger charge is 2.22. The largest absolute Gasteiger partial charge is 0.469 e. The zero-order valence-electron chi connectivity index (χ0n) is 17.7. The second kappa shape index (κ2) is 11.2. The quantitative estimate of drug-likeness (QED) is 0.495. The van der Waals surface area contributed by atoms with E-state index in [9.17, 15) is 4.79 Å². The molecule has 0 aliphatic carbocycles. The highest BCUT2D eigenvalue weighted by molar-refractivity contribution is 5.80. The fourth-order valence-electron chi connectivity index (χ4n) is 3.65. The molecule has 3 rings (SSSR count). The third-order valence-electron chi connectivity index (χ3n) is 5.25. The predicted molar refractivity (Wildman–Crippen MR) is 113 cm³/mol. The molecule has 162 valence electrons. The smallest absolute Gasteiger partial charge is 0.234 e. The Hall–Kier alpha value is -2.06. The lowest BCUT2D eigenvalue weighted by molar-refractivity contribution is -0.123. The van der Waals surface area contributed by atoms with E-state index in [0.29, 0.717) is 12.5 Å². The molecule has 1 unspecified atom stereocenters. The monoisotopic (exact) mass is 405 g/mol. The van der Waals surface area contributed by atoms with Gasteiger partial charge in [0, 0.05) is 64.3 Å². The summed E-state index contributed by atoms with van der Waals surface area (Å²) in [6, 6.07) is 4.09. The third kappa shape index (κ3) is 7.36. The van der Waals surface area contributed by atoms with Crippen LogP contribution < -0.4 is 10.6 Å². The van der Waals surface area contributed by atoms with Gasteiger partial charge < -0.3 is 24.7 Å². The third-order valence-corrected chi connectivity index (χ3v) is 5.25. The summed E-state index contributed by atoms with van der Waals surface area (Å²) in [4.78, 5) is 21.4. The molecule has 1 aromatic heterocycles. The van der Waals surface area contributed by atoms with E-state index in [1.54, 1.807) is 6.26 Å². The van der Waals surface area contributed by atoms with E-state index in [1.165, 1.54) is 0 Å². The first-order chi connectivity index (χ1) is 14.1. The van der Waals surface area contributed by atoms with Gasteiger partial charge in [-0.3, -0.25) is 14.7 Å². The molecule has 8 heteroatoms. The molecule has 1 atom stereocenters. The Morgan fingerprint density at radius 2 is 2.14 bits per heavy atom. The van der Waals surface area contributed by atoms with Crippen LogP contribution in [0.3, 0.4) is 0 Å². The Balaban J connectivity index is 1.49. The maximum Gasteiger partial charge on any atom is 0.234 e. The van der Waals surface area contributed by atoms with Crippen LogP contribution in [0.1, 0.15) is 26.0 Å². The van der Waals surface area contributed by atoms with Crippen molar-refractivity contribution in [3.63, 3.8) is 0 Å². The lowest BCUT2D eigenvalue weighted by atomic mass is 10.1. The number of nitrogens with zero attached hydrogens (tertiary/aromatic N) is 3. The van der Waals surface area contributed by atoms with Crippen molar-refractivity contribution >= 4 is 11.9 Å². The minimum atomic E-state index is 0.0974. The number of carbonyl (C=O) groups is 1. The van der Waals surface area contributed by atoms with Gasteiger partial charge in [-0.05, 0) is 32.4 Å². The van der Waals surface area contributed by atoms with Gasteiger partial charge in [-0.15, -0.1) is 0 Å². The summed E-state index contributed by atoms with van der Waals surface area (Å²) in [6.07, 6.45) is 3.62. The summed E-state index contributed by atoms with van der Waals surface area (Å²) in [6.45, 7) is 11.1. The maximum absolute atomic E-state index is 12.0. The second-order valence-corrected chi connectivity index (χ2v) is 8.14. The van der Waals surface area contributed by atoms with Crippen LogP contribution in [0.2, 0.25) is 0 Å². The molecule has 2 fully saturated rings. The minimum Gasteiger partial charge on any atom is -0.469 e. The van der Waals surface area contributed by atoms with Gasteiger partial charge in [0.05, 0.1) is 19.4 Å². The van der Waals surface area contributed by atoms with E-state index >= 15 is 0 Å². The Labute approximate surface area is 173 Å². The highest BCUT2D eigenvalue weighted by atomic mass is 16.5. The van der Waals surface area contributed by atoms with Crippen molar-refractivity contribution in [3.05, 3.63) is 24.2 Å². The first kappa shape index (κ1) is 21.6. The van der Waals surface area contributed by atoms with Crippen molar-refractivity contribution < 1.29 is 13.9 Å². The summed E-state index contributed by atoms with van der Waals surface area (Å²) in [5.74, 6) is 2.54. The number of rotatable bonds is 8. The molecule has 0 aromatic carbocycles. The van der Waals surface area contributed by atoms with Gasteiger partial charge in [0.2, 0.25) is 5.91 Å². The van der Waals surface area contributed by atoms with Crippen molar-refractivity contribution in [2.24, 2.45) is 10.9 Å². The maximum atomic E-state index is 12.0. The number of carbonyl (C=O) groups excluding carboxylic acids is 1. The first-order valence-corrected chi connectivity index (χ1v) is 10.8. The standard InChI is InChI=1S/C21H35N5O3/c1-17(2)24-20(27)15-25-8-10-26(11-9-25)21(23-14-18-6-13-28-16-18)22-7-5-19-4-3-12-29-19/h3-4,12,17-18H,5-11,13-16H2,1-2H3,(H,22,23)(H,24,27). The van der Waals surface area contributed by atoms with Gasteiger partial charge in [0.1, 0.15) is 5.76 Å². The molecule has 1 amide bonds. The molecule has 2 aliphatic heterocycles. The Morgan fingerprint density at radius 1 is 1.31 bits per heavy atom. The van der Waals surface area contributed by atoms with Gasteiger partial charge in [0.25, 0.3) is 0 Å². The lowest BCUT2D eigenvalue weighted by Gasteiger charge is -2.36. The fraction of sp³-hybridized carbons (Fsp3) is 0.714. The first-order valence-electron chi connectivity index (χ1n) is 10.8. The number of nitrogens with one attached hydrogen (secondary N) is 2. The molecule has 29 heavy (non-hydrogen) atoms. The van der Waals surface area contributed by atoms with Gasteiger partial charge in [-0.2, -0.15) is 0 Å². The van der Waals surface area contributed by atoms with Crippen molar-refractivity contribution in [1.82, 2.24) is 20.4 Å². The molecule has 0 radical (unpaired) electrons. The average Bonchev–Trinajstić information content (AvgIpc) is 3.38. The van der Waals surface area contributed by atoms with Crippen LogP contribution in [-0.4, -0.2) is 86.7 Å². The summed E-state index contributed by atoms with van der Waals surface area (Å²) >= 11 is 0. The molecule has 0 saturated carbocycles. The van der Waals surface area contributed by atoms with Crippen LogP contribution >= 0.6 is 0 Å². The van der Waals surface area contributed by atoms with E-state index in [2.05, 4.69) is 20.4 Å². The fourth-order valence-corrected chi connectivity index (χ4v) is 3.65. The van der Waals surface area contributed by atoms with Crippen LogP contribution in [0.5, 0.6) is 0 Å². The molecule has 0 bridgehead atoms. The summed E-state index contributed by atoms with van der Waals surface area (Å²) in [5.41, 5.74) is 0. The molecule has 0 spiro atoms. The van der Waals surface area contributed by atoms with Crippen molar-refractivity contribution in [3.8, 4) is 0 Å². The topological polar surface area (TPSA) is 82.3 Å². The zero-order valence-corrected chi connectivity index (χ0v) is 17.7. The minimum absolute atomic E-state index is 0.0974. The van der Waals surface area contributed by atoms with E-state index in [1.807, 2.05) is 26.0 Å². The number of furan rings is 1. The lowest BCUT2D eigenvalue weighted by Crippen LogP contribution is -2.54. The van der Waals surface area contributed by atoms with Crippen molar-refractivity contribution in [2.75, 3.05) is 59.0 Å². The number of hydrogen-bond acceptors (Lipinski definition) is 5. The molecule has 2 saturated heterocycles. The Morgan fingerprint density at radius 3 is 2.79 bits per heavy atom. The number of guanidine groups is 1. The molecule has 2 aliphatic rings. The zero-order chi connectivity index (χ0) is 20.5. The van der Waals surface area contributed by atoms with Crippen LogP contribution in [-0.2, 0) is 16.0 Å². The van der Waals surface area contributed by atoms with Crippen LogP contribution in [0.15, 0.2) is 27.8 Å². The van der Waals surface area contributed by atoms with Gasteiger partial charge >= 0.3 is 0 Å². The number of hydrogen-bond donors (Lipinski definition) is 2. The van der Waals surface area contributed by atoms with Crippen LogP contribution in [0, 0.1) is 5.92 Å². The Bertz CT molecular complexity index is 633. The molecule has 2 N–H and O–H groups in total.